The molecule has 0 saturated carbocycles. The van der Waals surface area contributed by atoms with Gasteiger partial charge in [0.2, 0.25) is 0 Å². The van der Waals surface area contributed by atoms with Crippen LogP contribution in [-0.4, -0.2) is 11.2 Å². The summed E-state index contributed by atoms with van der Waals surface area (Å²) < 4.78 is 13.4. The van der Waals surface area contributed by atoms with E-state index in [1.54, 1.807) is 12.1 Å². The van der Waals surface area contributed by atoms with Crippen molar-refractivity contribution >= 4 is 0 Å². The molecule has 0 aliphatic rings. The third-order valence-electron chi connectivity index (χ3n) is 2.51. The Balaban J connectivity index is 2.89. The van der Waals surface area contributed by atoms with Gasteiger partial charge in [-0.15, -0.1) is 0 Å². The molecule has 84 valence electrons. The van der Waals surface area contributed by atoms with Crippen LogP contribution in [0.2, 0.25) is 0 Å². The lowest BCUT2D eigenvalue weighted by molar-refractivity contribution is 0.133. The van der Waals surface area contributed by atoms with Gasteiger partial charge in [-0.2, -0.15) is 0 Å². The highest BCUT2D eigenvalue weighted by Crippen LogP contribution is 2.21. The predicted molar refractivity (Wildman–Crippen MR) is 59.0 cm³/mol. The van der Waals surface area contributed by atoms with Gasteiger partial charge >= 0.3 is 0 Å². The third-order valence-corrected chi connectivity index (χ3v) is 2.51. The molecule has 0 heterocycles. The number of rotatable bonds is 4. The van der Waals surface area contributed by atoms with E-state index in [0.29, 0.717) is 12.0 Å². The van der Waals surface area contributed by atoms with Crippen molar-refractivity contribution in [2.45, 2.75) is 38.8 Å². The second kappa shape index (κ2) is 5.24. The summed E-state index contributed by atoms with van der Waals surface area (Å²) in [5.74, 6) is -0.344. The summed E-state index contributed by atoms with van der Waals surface area (Å²) in [5, 5.41) is 9.69. The zero-order valence-electron chi connectivity index (χ0n) is 9.20. The van der Waals surface area contributed by atoms with Crippen molar-refractivity contribution in [2.75, 3.05) is 0 Å². The Hall–Kier alpha value is -0.930. The number of benzene rings is 1. The topological polar surface area (TPSA) is 46.2 Å². The molecule has 3 N–H and O–H groups in total. The van der Waals surface area contributed by atoms with Crippen LogP contribution in [0.4, 0.5) is 4.39 Å². The molecule has 0 bridgehead atoms. The van der Waals surface area contributed by atoms with Crippen LogP contribution in [0.1, 0.15) is 36.9 Å². The maximum absolute atomic E-state index is 13.4. The summed E-state index contributed by atoms with van der Waals surface area (Å²) in [4.78, 5) is 0. The van der Waals surface area contributed by atoms with Crippen LogP contribution < -0.4 is 5.73 Å². The Labute approximate surface area is 89.9 Å². The Kier molecular flexibility index (Phi) is 4.24. The average molecular weight is 211 g/mol. The molecule has 1 aromatic rings. The average Bonchev–Trinajstić information content (AvgIpc) is 2.21. The highest BCUT2D eigenvalue weighted by molar-refractivity contribution is 5.27. The first kappa shape index (κ1) is 12.1. The zero-order valence-corrected chi connectivity index (χ0v) is 9.20. The summed E-state index contributed by atoms with van der Waals surface area (Å²) in [6.45, 7) is 3.84. The Morgan fingerprint density at radius 1 is 1.47 bits per heavy atom. The molecule has 0 aliphatic carbocycles. The van der Waals surface area contributed by atoms with Gasteiger partial charge in [0.1, 0.15) is 5.82 Å². The van der Waals surface area contributed by atoms with E-state index in [-0.39, 0.29) is 5.82 Å². The van der Waals surface area contributed by atoms with Crippen LogP contribution in [0.3, 0.4) is 0 Å². The van der Waals surface area contributed by atoms with E-state index in [1.165, 1.54) is 6.07 Å². The summed E-state index contributed by atoms with van der Waals surface area (Å²) in [5.41, 5.74) is 7.15. The zero-order chi connectivity index (χ0) is 11.4. The van der Waals surface area contributed by atoms with E-state index in [1.807, 2.05) is 13.8 Å². The number of hydrogen-bond donors (Lipinski definition) is 2. The molecule has 2 nitrogen and oxygen atoms in total. The molecular formula is C12H18FNO. The van der Waals surface area contributed by atoms with E-state index in [0.717, 1.165) is 12.0 Å². The van der Waals surface area contributed by atoms with Gasteiger partial charge in [0, 0.05) is 5.56 Å². The van der Waals surface area contributed by atoms with Crippen LogP contribution >= 0.6 is 0 Å². The van der Waals surface area contributed by atoms with Gasteiger partial charge in [-0.05, 0) is 19.4 Å². The molecule has 1 aromatic carbocycles. The molecule has 15 heavy (non-hydrogen) atoms. The predicted octanol–water partition coefficient (Wildman–Crippen LogP) is 2.29. The number of aliphatic hydroxyl groups excluding tert-OH is 1. The molecule has 1 rings (SSSR count). The molecule has 0 aromatic heterocycles. The van der Waals surface area contributed by atoms with Crippen molar-refractivity contribution in [2.24, 2.45) is 5.73 Å². The van der Waals surface area contributed by atoms with E-state index < -0.39 is 12.1 Å². The largest absolute Gasteiger partial charge is 0.391 e. The molecule has 2 atom stereocenters. The number of aliphatic hydroxyl groups is 1. The maximum atomic E-state index is 13.4. The smallest absolute Gasteiger partial charge is 0.128 e. The van der Waals surface area contributed by atoms with Gasteiger partial charge in [-0.1, -0.05) is 31.0 Å². The van der Waals surface area contributed by atoms with E-state index in [2.05, 4.69) is 0 Å². The summed E-state index contributed by atoms with van der Waals surface area (Å²) >= 11 is 0. The fraction of sp³-hybridized carbons (Fsp3) is 0.500. The second-order valence-corrected chi connectivity index (χ2v) is 3.91. The molecule has 0 unspecified atom stereocenters. The molecule has 0 amide bonds. The highest BCUT2D eigenvalue weighted by Gasteiger charge is 2.19. The SMILES string of the molecule is CCC[C@@H](O)[C@@H](N)c1cc(C)ccc1F. The number of halogens is 1. The minimum atomic E-state index is -0.675. The van der Waals surface area contributed by atoms with E-state index in [9.17, 15) is 9.50 Å². The van der Waals surface area contributed by atoms with Crippen molar-refractivity contribution in [1.82, 2.24) is 0 Å². The molecular weight excluding hydrogens is 193 g/mol. The van der Waals surface area contributed by atoms with Crippen molar-refractivity contribution < 1.29 is 9.50 Å². The maximum Gasteiger partial charge on any atom is 0.128 e. The van der Waals surface area contributed by atoms with Crippen LogP contribution in [0.5, 0.6) is 0 Å². The standard InChI is InChI=1S/C12H18FNO/c1-3-4-11(15)12(14)9-7-8(2)5-6-10(9)13/h5-7,11-12,15H,3-4,14H2,1-2H3/t11-,12+/m1/s1. The third kappa shape index (κ3) is 3.01. The molecule has 0 spiro atoms. The van der Waals surface area contributed by atoms with Gasteiger partial charge in [-0.25, -0.2) is 4.39 Å². The fourth-order valence-electron chi connectivity index (χ4n) is 1.60. The second-order valence-electron chi connectivity index (χ2n) is 3.91. The first-order valence-electron chi connectivity index (χ1n) is 5.26. The lowest BCUT2D eigenvalue weighted by Gasteiger charge is -2.19. The lowest BCUT2D eigenvalue weighted by atomic mass is 9.97. The van der Waals surface area contributed by atoms with Gasteiger partial charge in [0.05, 0.1) is 12.1 Å². The normalized spacial score (nSPS) is 15.0. The van der Waals surface area contributed by atoms with Crippen LogP contribution in [0, 0.1) is 12.7 Å². The monoisotopic (exact) mass is 211 g/mol. The molecule has 0 fully saturated rings. The molecule has 0 radical (unpaired) electrons. The van der Waals surface area contributed by atoms with Gasteiger partial charge in [-0.3, -0.25) is 0 Å². The van der Waals surface area contributed by atoms with Crippen molar-refractivity contribution in [3.05, 3.63) is 35.1 Å². The Morgan fingerprint density at radius 2 is 2.13 bits per heavy atom. The van der Waals surface area contributed by atoms with Crippen molar-refractivity contribution in [1.29, 1.82) is 0 Å². The molecule has 3 heteroatoms. The summed E-state index contributed by atoms with van der Waals surface area (Å²) in [6.07, 6.45) is 0.753. The number of nitrogens with two attached hydrogens (primary N) is 1. The van der Waals surface area contributed by atoms with Crippen molar-refractivity contribution in [3.8, 4) is 0 Å². The van der Waals surface area contributed by atoms with Crippen LogP contribution in [-0.2, 0) is 0 Å². The van der Waals surface area contributed by atoms with E-state index in [4.69, 9.17) is 5.73 Å². The molecule has 0 saturated heterocycles. The first-order chi connectivity index (χ1) is 7.06. The lowest BCUT2D eigenvalue weighted by Crippen LogP contribution is -2.27. The molecule has 0 aliphatic heterocycles. The fourth-order valence-corrected chi connectivity index (χ4v) is 1.60. The number of hydrogen-bond acceptors (Lipinski definition) is 2. The van der Waals surface area contributed by atoms with Gasteiger partial charge in [0.15, 0.2) is 0 Å². The van der Waals surface area contributed by atoms with Crippen LogP contribution in [0.15, 0.2) is 18.2 Å². The van der Waals surface area contributed by atoms with Gasteiger partial charge in [0.25, 0.3) is 0 Å². The first-order valence-corrected chi connectivity index (χ1v) is 5.26. The van der Waals surface area contributed by atoms with Gasteiger partial charge < -0.3 is 10.8 Å². The highest BCUT2D eigenvalue weighted by atomic mass is 19.1. The minimum Gasteiger partial charge on any atom is -0.391 e. The number of aryl methyl sites for hydroxylation is 1. The minimum absolute atomic E-state index is 0.344. The van der Waals surface area contributed by atoms with Crippen molar-refractivity contribution in [3.63, 3.8) is 0 Å². The summed E-state index contributed by atoms with van der Waals surface area (Å²) in [6, 6.07) is 4.14. The Bertz CT molecular complexity index is 327. The Morgan fingerprint density at radius 3 is 2.73 bits per heavy atom. The van der Waals surface area contributed by atoms with E-state index >= 15 is 0 Å². The van der Waals surface area contributed by atoms with Crippen LogP contribution in [0.25, 0.3) is 0 Å². The summed E-state index contributed by atoms with van der Waals surface area (Å²) in [7, 11) is 0. The quantitative estimate of drug-likeness (QED) is 0.802.